The minimum Gasteiger partial charge on any atom is -0.481 e. The second-order valence-corrected chi connectivity index (χ2v) is 10.5. The fraction of sp³-hybridized carbons (Fsp3) is 0.839. The summed E-state index contributed by atoms with van der Waals surface area (Å²) in [4.78, 5) is 51.0. The molecule has 39 heavy (non-hydrogen) atoms. The molecule has 0 fully saturated rings. The minimum atomic E-state index is -0.908. The number of carbonyl (C=O) groups is 5. The molecule has 0 unspecified atom stereocenters. The molecule has 0 aliphatic heterocycles. The van der Waals surface area contributed by atoms with E-state index in [0.717, 1.165) is 18.6 Å². The predicted molar refractivity (Wildman–Crippen MR) is 164 cm³/mol. The number of aliphatic carboxylic acids is 2. The minimum absolute atomic E-state index is 0. The van der Waals surface area contributed by atoms with Crippen molar-refractivity contribution in [3.63, 3.8) is 0 Å². The highest BCUT2D eigenvalue weighted by molar-refractivity contribution is 5.84. The van der Waals surface area contributed by atoms with Crippen molar-refractivity contribution >= 4 is 29.8 Å². The molecule has 0 spiro atoms. The van der Waals surface area contributed by atoms with Crippen LogP contribution in [0.5, 0.6) is 0 Å². The number of ketones is 2. The summed E-state index contributed by atoms with van der Waals surface area (Å²) in [6.45, 7) is 22.0. The number of hydrogen-bond donors (Lipinski definition) is 3. The third-order valence-corrected chi connectivity index (χ3v) is 4.30. The average molecular weight is 567 g/mol. The van der Waals surface area contributed by atoms with Crippen molar-refractivity contribution in [1.82, 2.24) is 0 Å². The number of aliphatic hydroxyl groups is 1. The quantitative estimate of drug-likeness (QED) is 0.192. The predicted octanol–water partition coefficient (Wildman–Crippen LogP) is 7.73. The van der Waals surface area contributed by atoms with Crippen molar-refractivity contribution in [2.24, 2.45) is 29.6 Å². The first-order valence-electron chi connectivity index (χ1n) is 13.4. The van der Waals surface area contributed by atoms with E-state index in [9.17, 15) is 24.0 Å². The molecule has 0 heterocycles. The van der Waals surface area contributed by atoms with Gasteiger partial charge in [0.15, 0.2) is 0 Å². The Morgan fingerprint density at radius 2 is 0.897 bits per heavy atom. The van der Waals surface area contributed by atoms with Crippen LogP contribution in [0.25, 0.3) is 0 Å². The summed E-state index contributed by atoms with van der Waals surface area (Å²) in [7, 11) is 0. The first-order chi connectivity index (χ1) is 16.9. The van der Waals surface area contributed by atoms with Gasteiger partial charge in [-0.3, -0.25) is 19.2 Å². The van der Waals surface area contributed by atoms with Crippen LogP contribution in [0.15, 0.2) is 0 Å². The van der Waals surface area contributed by atoms with Gasteiger partial charge in [-0.2, -0.15) is 0 Å². The Morgan fingerprint density at radius 1 is 0.615 bits per heavy atom. The van der Waals surface area contributed by atoms with Crippen LogP contribution in [-0.4, -0.2) is 51.7 Å². The second-order valence-electron chi connectivity index (χ2n) is 10.5. The molecule has 0 bridgehead atoms. The number of aliphatic hydroxyl groups excluding tert-OH is 1. The summed E-state index contributed by atoms with van der Waals surface area (Å²) >= 11 is 0. The summed E-state index contributed by atoms with van der Waals surface area (Å²) < 4.78 is 0. The molecule has 0 saturated carbocycles. The third kappa shape index (κ3) is 72.2. The van der Waals surface area contributed by atoms with Gasteiger partial charge in [-0.25, -0.2) is 0 Å². The third-order valence-electron chi connectivity index (χ3n) is 4.30. The van der Waals surface area contributed by atoms with Gasteiger partial charge in [0, 0.05) is 37.2 Å². The molecule has 238 valence electrons. The summed E-state index contributed by atoms with van der Waals surface area (Å²) in [6, 6.07) is 0. The normalized spacial score (nSPS) is 9.26. The molecule has 0 radical (unpaired) electrons. The molecule has 0 aromatic heterocycles. The molecule has 3 N–H and O–H groups in total. The summed E-state index contributed by atoms with van der Waals surface area (Å²) in [5.74, 6) is -0.119. The molecule has 0 atom stereocenters. The van der Waals surface area contributed by atoms with Gasteiger partial charge in [-0.15, -0.1) is 0 Å². The standard InChI is InChI=1S/2C7H12O3.C6H14.C5H12O.C4H8O.2CH4/c2*1-5(2)6(8)3-4-7(9)10;1-4-5-6(2)3;1-5(2)3-4-6;1-4(2)3-5;;/h2*5H,3-4H2,1-2H3,(H,9,10);6H,4-5H2,1-3H3;5-6H,3-4H2,1-2H3;3-4H,1-2H3;2*1H4. The van der Waals surface area contributed by atoms with E-state index in [4.69, 9.17) is 15.3 Å². The maximum Gasteiger partial charge on any atom is 0.303 e. The number of carboxylic acid groups (broad SMARTS) is 2. The van der Waals surface area contributed by atoms with E-state index in [2.05, 4.69) is 34.6 Å². The Kier molecular flexibility index (Phi) is 51.9. The topological polar surface area (TPSA) is 146 Å². The fourth-order valence-electron chi connectivity index (χ4n) is 1.87. The lowest BCUT2D eigenvalue weighted by Crippen LogP contribution is -2.08. The highest BCUT2D eigenvalue weighted by Gasteiger charge is 2.09. The van der Waals surface area contributed by atoms with Crippen LogP contribution in [0.1, 0.15) is 136 Å². The number of aldehydes is 1. The lowest BCUT2D eigenvalue weighted by Gasteiger charge is -1.99. The van der Waals surface area contributed by atoms with Gasteiger partial charge in [0.25, 0.3) is 0 Å². The second kappa shape index (κ2) is 38.1. The lowest BCUT2D eigenvalue weighted by molar-refractivity contribution is -0.139. The van der Waals surface area contributed by atoms with E-state index >= 15 is 0 Å². The fourth-order valence-corrected chi connectivity index (χ4v) is 1.87. The molecular weight excluding hydrogens is 500 g/mol. The summed E-state index contributed by atoms with van der Waals surface area (Å²) in [6.07, 6.45) is 4.78. The molecule has 0 rings (SSSR count). The summed E-state index contributed by atoms with van der Waals surface area (Å²) in [5, 5.41) is 24.6. The van der Waals surface area contributed by atoms with E-state index in [1.807, 2.05) is 13.8 Å². The van der Waals surface area contributed by atoms with E-state index in [-0.39, 0.29) is 69.9 Å². The first-order valence-corrected chi connectivity index (χ1v) is 13.4. The Balaban J connectivity index is -0.0000000666. The van der Waals surface area contributed by atoms with Gasteiger partial charge in [0.05, 0.1) is 12.8 Å². The Hall–Kier alpha value is -2.09. The van der Waals surface area contributed by atoms with Crippen molar-refractivity contribution in [3.05, 3.63) is 0 Å². The maximum atomic E-state index is 10.8. The van der Waals surface area contributed by atoms with Crippen molar-refractivity contribution in [2.45, 2.75) is 136 Å². The van der Waals surface area contributed by atoms with Gasteiger partial charge < -0.3 is 20.1 Å². The highest BCUT2D eigenvalue weighted by Crippen LogP contribution is 2.02. The average Bonchev–Trinajstić information content (AvgIpc) is 2.76. The van der Waals surface area contributed by atoms with Crippen molar-refractivity contribution in [2.75, 3.05) is 6.61 Å². The first kappa shape index (κ1) is 53.2. The van der Waals surface area contributed by atoms with Crippen LogP contribution in [-0.2, 0) is 24.0 Å². The Morgan fingerprint density at radius 3 is 0.974 bits per heavy atom. The molecule has 0 aliphatic carbocycles. The van der Waals surface area contributed by atoms with Crippen LogP contribution in [0.2, 0.25) is 0 Å². The largest absolute Gasteiger partial charge is 0.481 e. The number of rotatable bonds is 13. The number of Topliss-reactive ketones (excluding diaryl/α,β-unsaturated/α-hetero) is 2. The zero-order valence-corrected chi connectivity index (χ0v) is 25.5. The van der Waals surface area contributed by atoms with Crippen molar-refractivity contribution in [1.29, 1.82) is 0 Å². The van der Waals surface area contributed by atoms with Gasteiger partial charge in [-0.1, -0.05) is 104 Å². The van der Waals surface area contributed by atoms with Crippen molar-refractivity contribution in [3.8, 4) is 0 Å². The zero-order chi connectivity index (χ0) is 30.6. The number of carboxylic acids is 2. The highest BCUT2D eigenvalue weighted by atomic mass is 16.4. The smallest absolute Gasteiger partial charge is 0.303 e. The number of hydrogen-bond acceptors (Lipinski definition) is 6. The van der Waals surface area contributed by atoms with E-state index in [0.29, 0.717) is 12.5 Å². The van der Waals surface area contributed by atoms with Crippen LogP contribution >= 0.6 is 0 Å². The van der Waals surface area contributed by atoms with Crippen LogP contribution < -0.4 is 0 Å². The monoisotopic (exact) mass is 566 g/mol. The van der Waals surface area contributed by atoms with Gasteiger partial charge in [0.2, 0.25) is 0 Å². The Labute approximate surface area is 241 Å². The molecule has 8 heteroatoms. The van der Waals surface area contributed by atoms with Gasteiger partial charge in [0.1, 0.15) is 17.9 Å². The molecule has 0 aromatic rings. The maximum absolute atomic E-state index is 10.8. The van der Waals surface area contributed by atoms with Crippen molar-refractivity contribution < 1.29 is 39.3 Å². The van der Waals surface area contributed by atoms with Gasteiger partial charge in [-0.05, 0) is 18.3 Å². The molecule has 0 saturated heterocycles. The molecule has 8 nitrogen and oxygen atoms in total. The summed E-state index contributed by atoms with van der Waals surface area (Å²) in [5.41, 5.74) is 0. The van der Waals surface area contributed by atoms with Crippen LogP contribution in [0, 0.1) is 29.6 Å². The van der Waals surface area contributed by atoms with Crippen LogP contribution in [0.3, 0.4) is 0 Å². The molecule has 0 amide bonds. The molecule has 0 aliphatic rings. The molecular formula is C31H66O8. The van der Waals surface area contributed by atoms with Crippen LogP contribution in [0.4, 0.5) is 0 Å². The van der Waals surface area contributed by atoms with E-state index in [1.165, 1.54) is 12.8 Å². The van der Waals surface area contributed by atoms with E-state index in [1.54, 1.807) is 27.7 Å². The van der Waals surface area contributed by atoms with Gasteiger partial charge >= 0.3 is 11.9 Å². The molecule has 0 aromatic carbocycles. The number of carbonyl (C=O) groups excluding carboxylic acids is 3. The Bertz CT molecular complexity index is 521. The van der Waals surface area contributed by atoms with E-state index < -0.39 is 11.9 Å². The SMILES string of the molecule is C.C.CC(C)C(=O)CCC(=O)O.CC(C)C(=O)CCC(=O)O.CC(C)C=O.CC(C)CCO.CCCC(C)C. The lowest BCUT2D eigenvalue weighted by atomic mass is 10.1. The zero-order valence-electron chi connectivity index (χ0n) is 25.5.